The summed E-state index contributed by atoms with van der Waals surface area (Å²) in [4.78, 5) is 48.5. The number of hydrogen-bond donors (Lipinski definition) is 1. The maximum absolute atomic E-state index is 12.4. The summed E-state index contributed by atoms with van der Waals surface area (Å²) in [6, 6.07) is 0. The molecule has 0 aromatic carbocycles. The van der Waals surface area contributed by atoms with Gasteiger partial charge in [-0.1, -0.05) is 0 Å². The second-order valence-corrected chi connectivity index (χ2v) is 5.97. The van der Waals surface area contributed by atoms with E-state index in [0.717, 1.165) is 15.8 Å². The lowest BCUT2D eigenvalue weighted by molar-refractivity contribution is -0.385. The van der Waals surface area contributed by atoms with Gasteiger partial charge in [0, 0.05) is 27.2 Å². The molecule has 2 heterocycles. The first-order valence-electron chi connectivity index (χ1n) is 7.64. The summed E-state index contributed by atoms with van der Waals surface area (Å²) in [7, 11) is 2.80. The summed E-state index contributed by atoms with van der Waals surface area (Å²) >= 11 is 0. The highest BCUT2D eigenvalue weighted by Gasteiger charge is 2.31. The normalized spacial score (nSPS) is 17.2. The maximum Gasteiger partial charge on any atom is 0.320 e. The molecule has 1 aliphatic rings. The molecule has 1 saturated heterocycles. The van der Waals surface area contributed by atoms with E-state index in [1.165, 1.54) is 19.0 Å². The van der Waals surface area contributed by atoms with E-state index in [-0.39, 0.29) is 18.8 Å². The molecule has 1 aromatic heterocycles. The van der Waals surface area contributed by atoms with Crippen LogP contribution in [0.4, 0.5) is 5.69 Å². The van der Waals surface area contributed by atoms with Gasteiger partial charge in [0.05, 0.1) is 17.4 Å². The van der Waals surface area contributed by atoms with Crippen LogP contribution in [0, 0.1) is 16.0 Å². The molecule has 0 spiro atoms. The summed E-state index contributed by atoms with van der Waals surface area (Å²) < 4.78 is 1.16. The SMILES string of the molecule is CN(CC(=O)N1CCCC(C(=O)O)C1)C(=O)c1nn(C)cc1[N+](=O)[O-]. The third-order valence-corrected chi connectivity index (χ3v) is 4.05. The fourth-order valence-corrected chi connectivity index (χ4v) is 2.72. The molecule has 0 saturated carbocycles. The van der Waals surface area contributed by atoms with E-state index in [0.29, 0.717) is 19.4 Å². The van der Waals surface area contributed by atoms with Crippen molar-refractivity contribution in [1.82, 2.24) is 19.6 Å². The molecule has 0 aliphatic carbocycles. The second-order valence-electron chi connectivity index (χ2n) is 5.97. The van der Waals surface area contributed by atoms with Gasteiger partial charge in [0.15, 0.2) is 0 Å². The van der Waals surface area contributed by atoms with Crippen LogP contribution in [0.2, 0.25) is 0 Å². The van der Waals surface area contributed by atoms with Crippen LogP contribution in [-0.4, -0.2) is 74.1 Å². The molecule has 25 heavy (non-hydrogen) atoms. The summed E-state index contributed by atoms with van der Waals surface area (Å²) in [5.41, 5.74) is -0.777. The lowest BCUT2D eigenvalue weighted by Gasteiger charge is -2.31. The van der Waals surface area contributed by atoms with Crippen molar-refractivity contribution in [1.29, 1.82) is 0 Å². The van der Waals surface area contributed by atoms with E-state index in [4.69, 9.17) is 5.11 Å². The highest BCUT2D eigenvalue weighted by molar-refractivity contribution is 5.97. The maximum atomic E-state index is 12.4. The van der Waals surface area contributed by atoms with Gasteiger partial charge in [-0.25, -0.2) is 0 Å². The molecule has 1 fully saturated rings. The van der Waals surface area contributed by atoms with Gasteiger partial charge in [-0.05, 0) is 12.8 Å². The van der Waals surface area contributed by atoms with Crippen LogP contribution in [0.25, 0.3) is 0 Å². The molecule has 0 radical (unpaired) electrons. The van der Waals surface area contributed by atoms with Crippen molar-refractivity contribution in [2.24, 2.45) is 13.0 Å². The van der Waals surface area contributed by atoms with Crippen molar-refractivity contribution in [3.8, 4) is 0 Å². The Hall–Kier alpha value is -2.98. The summed E-state index contributed by atoms with van der Waals surface area (Å²) in [6.07, 6.45) is 2.20. The van der Waals surface area contributed by atoms with Crippen LogP contribution in [0.5, 0.6) is 0 Å². The molecule has 2 amide bonds. The first kappa shape index (κ1) is 18.4. The summed E-state index contributed by atoms with van der Waals surface area (Å²) in [5, 5.41) is 23.8. The van der Waals surface area contributed by atoms with Crippen molar-refractivity contribution in [3.05, 3.63) is 22.0 Å². The predicted molar refractivity (Wildman–Crippen MR) is 83.8 cm³/mol. The minimum absolute atomic E-state index is 0.0972. The molecule has 1 N–H and O–H groups in total. The van der Waals surface area contributed by atoms with Gasteiger partial charge in [-0.15, -0.1) is 0 Å². The zero-order chi connectivity index (χ0) is 18.7. The number of rotatable bonds is 5. The molecule has 11 nitrogen and oxygen atoms in total. The molecular weight excluding hydrogens is 334 g/mol. The first-order valence-corrected chi connectivity index (χ1v) is 7.64. The van der Waals surface area contributed by atoms with E-state index < -0.39 is 34.3 Å². The molecular formula is C14H19N5O6. The van der Waals surface area contributed by atoms with Gasteiger partial charge in [-0.3, -0.25) is 29.2 Å². The van der Waals surface area contributed by atoms with Gasteiger partial charge in [0.1, 0.15) is 6.20 Å². The van der Waals surface area contributed by atoms with Gasteiger partial charge in [0.2, 0.25) is 11.6 Å². The van der Waals surface area contributed by atoms with Crippen LogP contribution >= 0.6 is 0 Å². The molecule has 0 bridgehead atoms. The van der Waals surface area contributed by atoms with Crippen molar-refractivity contribution in [3.63, 3.8) is 0 Å². The van der Waals surface area contributed by atoms with E-state index in [9.17, 15) is 24.5 Å². The number of nitro groups is 1. The van der Waals surface area contributed by atoms with Crippen LogP contribution in [-0.2, 0) is 16.6 Å². The number of carboxylic acids is 1. The fraction of sp³-hybridized carbons (Fsp3) is 0.571. The quantitative estimate of drug-likeness (QED) is 0.567. The minimum atomic E-state index is -0.953. The van der Waals surface area contributed by atoms with Crippen molar-refractivity contribution < 1.29 is 24.4 Å². The number of amides is 2. The lowest BCUT2D eigenvalue weighted by atomic mass is 9.98. The number of likely N-dealkylation sites (N-methyl/N-ethyl adjacent to an activating group) is 1. The highest BCUT2D eigenvalue weighted by atomic mass is 16.6. The zero-order valence-corrected chi connectivity index (χ0v) is 13.9. The van der Waals surface area contributed by atoms with E-state index in [1.807, 2.05) is 0 Å². The van der Waals surface area contributed by atoms with Gasteiger partial charge >= 0.3 is 11.7 Å². The number of piperidine rings is 1. The summed E-state index contributed by atoms with van der Waals surface area (Å²) in [6.45, 7) is 0.215. The molecule has 1 aromatic rings. The van der Waals surface area contributed by atoms with E-state index >= 15 is 0 Å². The van der Waals surface area contributed by atoms with Crippen molar-refractivity contribution in [2.75, 3.05) is 26.7 Å². The first-order chi connectivity index (χ1) is 11.7. The Morgan fingerprint density at radius 2 is 2.16 bits per heavy atom. The monoisotopic (exact) mass is 353 g/mol. The molecule has 136 valence electrons. The number of carbonyl (C=O) groups excluding carboxylic acids is 2. The Morgan fingerprint density at radius 3 is 2.76 bits per heavy atom. The smallest absolute Gasteiger partial charge is 0.320 e. The number of aryl methyl sites for hydroxylation is 1. The van der Waals surface area contributed by atoms with E-state index in [2.05, 4.69) is 5.10 Å². The molecule has 1 unspecified atom stereocenters. The van der Waals surface area contributed by atoms with Crippen molar-refractivity contribution >= 4 is 23.5 Å². The second kappa shape index (κ2) is 7.28. The molecule has 11 heteroatoms. The van der Waals surface area contributed by atoms with Crippen LogP contribution in [0.15, 0.2) is 6.20 Å². The Kier molecular flexibility index (Phi) is 5.35. The van der Waals surface area contributed by atoms with Gasteiger partial charge < -0.3 is 14.9 Å². The highest BCUT2D eigenvalue weighted by Crippen LogP contribution is 2.19. The predicted octanol–water partition coefficient (Wildman–Crippen LogP) is -0.276. The van der Waals surface area contributed by atoms with E-state index in [1.54, 1.807) is 0 Å². The average Bonchev–Trinajstić information content (AvgIpc) is 2.96. The molecule has 1 aliphatic heterocycles. The average molecular weight is 353 g/mol. The number of nitrogens with zero attached hydrogens (tertiary/aromatic N) is 5. The largest absolute Gasteiger partial charge is 0.481 e. The topological polar surface area (TPSA) is 139 Å². The minimum Gasteiger partial charge on any atom is -0.481 e. The Balaban J connectivity index is 2.05. The zero-order valence-electron chi connectivity index (χ0n) is 13.9. The standard InChI is InChI=1S/C14H19N5O6/c1-16(13(21)12-10(19(24)25)7-17(2)15-12)8-11(20)18-5-3-4-9(6-18)14(22)23/h7,9H,3-6,8H2,1-2H3,(H,22,23). The van der Waals surface area contributed by atoms with Crippen molar-refractivity contribution in [2.45, 2.75) is 12.8 Å². The Labute approximate surface area is 142 Å². The van der Waals surface area contributed by atoms with Crippen LogP contribution in [0.3, 0.4) is 0 Å². The fourth-order valence-electron chi connectivity index (χ4n) is 2.72. The van der Waals surface area contributed by atoms with Crippen LogP contribution < -0.4 is 0 Å². The molecule has 2 rings (SSSR count). The van der Waals surface area contributed by atoms with Gasteiger partial charge in [0.25, 0.3) is 5.91 Å². The Bertz CT molecular complexity index is 715. The summed E-state index contributed by atoms with van der Waals surface area (Å²) in [5.74, 6) is -2.71. The number of hydrogen-bond acceptors (Lipinski definition) is 6. The third-order valence-electron chi connectivity index (χ3n) is 4.05. The number of aliphatic carboxylic acids is 1. The third kappa shape index (κ3) is 4.11. The number of likely N-dealkylation sites (tertiary alicyclic amines) is 1. The van der Waals surface area contributed by atoms with Gasteiger partial charge in [-0.2, -0.15) is 5.10 Å². The Morgan fingerprint density at radius 1 is 1.48 bits per heavy atom. The van der Waals surface area contributed by atoms with Crippen LogP contribution in [0.1, 0.15) is 23.3 Å². The molecule has 1 atom stereocenters. The number of aromatic nitrogens is 2. The number of carboxylic acid groups (broad SMARTS) is 1. The number of carbonyl (C=O) groups is 3. The lowest BCUT2D eigenvalue weighted by Crippen LogP contribution is -2.47.